The third kappa shape index (κ3) is 5.00. The summed E-state index contributed by atoms with van der Waals surface area (Å²) in [6, 6.07) is 2.72. The molecular formula is C13H16ClF3N2O2. The molecule has 0 heterocycles. The van der Waals surface area contributed by atoms with E-state index >= 15 is 0 Å². The number of rotatable bonds is 5. The number of carbonyl (C=O) groups is 1. The van der Waals surface area contributed by atoms with E-state index in [-0.39, 0.29) is 35.1 Å². The zero-order chi connectivity index (χ0) is 16.2. The van der Waals surface area contributed by atoms with Crippen molar-refractivity contribution in [2.24, 2.45) is 0 Å². The van der Waals surface area contributed by atoms with Crippen LogP contribution in [0.2, 0.25) is 5.02 Å². The molecular weight excluding hydrogens is 309 g/mol. The van der Waals surface area contributed by atoms with Gasteiger partial charge in [0, 0.05) is 19.3 Å². The van der Waals surface area contributed by atoms with Crippen LogP contribution in [0.15, 0.2) is 12.1 Å². The number of ether oxygens (including phenoxy) is 1. The van der Waals surface area contributed by atoms with Crippen molar-refractivity contribution in [3.63, 3.8) is 0 Å². The van der Waals surface area contributed by atoms with Gasteiger partial charge in [-0.05, 0) is 19.1 Å². The summed E-state index contributed by atoms with van der Waals surface area (Å²) in [5.41, 5.74) is 6.07. The Labute approximate surface area is 125 Å². The maximum atomic E-state index is 12.3. The molecule has 4 nitrogen and oxygen atoms in total. The number of carbonyl (C=O) groups excluding carboxylic acids is 1. The van der Waals surface area contributed by atoms with Crippen molar-refractivity contribution in [1.29, 1.82) is 0 Å². The Morgan fingerprint density at radius 1 is 1.43 bits per heavy atom. The number of nitrogens with zero attached hydrogens (tertiary/aromatic N) is 1. The van der Waals surface area contributed by atoms with Crippen molar-refractivity contribution < 1.29 is 22.7 Å². The zero-order valence-corrected chi connectivity index (χ0v) is 12.4. The van der Waals surface area contributed by atoms with E-state index in [9.17, 15) is 18.0 Å². The van der Waals surface area contributed by atoms with Crippen molar-refractivity contribution in [2.75, 3.05) is 30.8 Å². The van der Waals surface area contributed by atoms with Gasteiger partial charge in [0.1, 0.15) is 0 Å². The minimum absolute atomic E-state index is 0.0477. The Kier molecular flexibility index (Phi) is 5.71. The van der Waals surface area contributed by atoms with Crippen LogP contribution in [0.25, 0.3) is 0 Å². The Bertz CT molecular complexity index is 521. The maximum Gasteiger partial charge on any atom is 0.390 e. The van der Waals surface area contributed by atoms with Gasteiger partial charge in [0.25, 0.3) is 0 Å². The lowest BCUT2D eigenvalue weighted by Crippen LogP contribution is -2.26. The number of anilines is 2. The first kappa shape index (κ1) is 17.4. The standard InChI is InChI=1S/C13H16ClF3N2O2/c1-3-21-12(20)9-6-8(18)7-10(14)11(9)19(2)5-4-13(15,16)17/h6-7H,3-5,18H2,1-2H3. The SMILES string of the molecule is CCOC(=O)c1cc(N)cc(Cl)c1N(C)CCC(F)(F)F. The van der Waals surface area contributed by atoms with Crippen LogP contribution >= 0.6 is 11.6 Å². The van der Waals surface area contributed by atoms with Crippen molar-refractivity contribution in [3.8, 4) is 0 Å². The number of alkyl halides is 3. The van der Waals surface area contributed by atoms with Gasteiger partial charge in [0.15, 0.2) is 0 Å². The summed E-state index contributed by atoms with van der Waals surface area (Å²) >= 11 is 6.01. The normalized spacial score (nSPS) is 11.3. The van der Waals surface area contributed by atoms with Gasteiger partial charge < -0.3 is 15.4 Å². The summed E-state index contributed by atoms with van der Waals surface area (Å²) in [6.07, 6.45) is -5.31. The molecule has 0 aliphatic heterocycles. The van der Waals surface area contributed by atoms with Crippen LogP contribution in [-0.4, -0.2) is 32.3 Å². The van der Waals surface area contributed by atoms with E-state index in [4.69, 9.17) is 22.1 Å². The molecule has 0 spiro atoms. The summed E-state index contributed by atoms with van der Waals surface area (Å²) in [6.45, 7) is 1.43. The van der Waals surface area contributed by atoms with Crippen LogP contribution in [0.4, 0.5) is 24.5 Å². The monoisotopic (exact) mass is 324 g/mol. The molecule has 0 aliphatic carbocycles. The predicted molar refractivity (Wildman–Crippen MR) is 75.8 cm³/mol. The van der Waals surface area contributed by atoms with Gasteiger partial charge >= 0.3 is 12.1 Å². The third-order valence-electron chi connectivity index (χ3n) is 2.69. The number of hydrogen-bond donors (Lipinski definition) is 1. The number of hydrogen-bond acceptors (Lipinski definition) is 4. The molecule has 0 atom stereocenters. The van der Waals surface area contributed by atoms with Crippen LogP contribution in [-0.2, 0) is 4.74 Å². The van der Waals surface area contributed by atoms with E-state index in [2.05, 4.69) is 0 Å². The molecule has 1 rings (SSSR count). The molecule has 0 amide bonds. The average molecular weight is 325 g/mol. The summed E-state index contributed by atoms with van der Waals surface area (Å²) in [4.78, 5) is 13.2. The Balaban J connectivity index is 3.11. The van der Waals surface area contributed by atoms with Crippen LogP contribution in [0, 0.1) is 0 Å². The highest BCUT2D eigenvalue weighted by atomic mass is 35.5. The molecule has 0 aliphatic rings. The number of halogens is 4. The quantitative estimate of drug-likeness (QED) is 0.665. The van der Waals surface area contributed by atoms with E-state index in [0.29, 0.717) is 0 Å². The molecule has 0 bridgehead atoms. The van der Waals surface area contributed by atoms with Crippen molar-refractivity contribution in [2.45, 2.75) is 19.5 Å². The summed E-state index contributed by atoms with van der Waals surface area (Å²) < 4.78 is 41.8. The highest BCUT2D eigenvalue weighted by molar-refractivity contribution is 6.34. The highest BCUT2D eigenvalue weighted by Crippen LogP contribution is 2.33. The van der Waals surface area contributed by atoms with E-state index < -0.39 is 18.6 Å². The van der Waals surface area contributed by atoms with Crippen molar-refractivity contribution >= 4 is 28.9 Å². The highest BCUT2D eigenvalue weighted by Gasteiger charge is 2.28. The van der Waals surface area contributed by atoms with Gasteiger partial charge in [-0.15, -0.1) is 0 Å². The minimum Gasteiger partial charge on any atom is -0.462 e. The fraction of sp³-hybridized carbons (Fsp3) is 0.462. The lowest BCUT2D eigenvalue weighted by Gasteiger charge is -2.24. The van der Waals surface area contributed by atoms with Crippen LogP contribution in [0.1, 0.15) is 23.7 Å². The Morgan fingerprint density at radius 3 is 2.57 bits per heavy atom. The van der Waals surface area contributed by atoms with E-state index in [1.807, 2.05) is 0 Å². The number of benzene rings is 1. The van der Waals surface area contributed by atoms with Crippen LogP contribution < -0.4 is 10.6 Å². The fourth-order valence-corrected chi connectivity index (χ4v) is 2.15. The molecule has 118 valence electrons. The number of nitrogen functional groups attached to an aromatic ring is 1. The molecule has 0 unspecified atom stereocenters. The smallest absolute Gasteiger partial charge is 0.390 e. The molecule has 8 heteroatoms. The second-order valence-corrected chi connectivity index (χ2v) is 4.81. The largest absolute Gasteiger partial charge is 0.462 e. The first-order chi connectivity index (χ1) is 9.65. The molecule has 1 aromatic carbocycles. The number of esters is 1. The molecule has 0 aromatic heterocycles. The Morgan fingerprint density at radius 2 is 2.05 bits per heavy atom. The van der Waals surface area contributed by atoms with Gasteiger partial charge in [0.2, 0.25) is 0 Å². The van der Waals surface area contributed by atoms with Gasteiger partial charge in [0.05, 0.1) is 29.3 Å². The molecule has 1 aromatic rings. The van der Waals surface area contributed by atoms with E-state index in [1.165, 1.54) is 24.1 Å². The molecule has 0 saturated heterocycles. The second kappa shape index (κ2) is 6.89. The Hall–Kier alpha value is -1.63. The van der Waals surface area contributed by atoms with E-state index in [1.54, 1.807) is 6.92 Å². The molecule has 2 N–H and O–H groups in total. The van der Waals surface area contributed by atoms with Crippen molar-refractivity contribution in [1.82, 2.24) is 0 Å². The number of nitrogens with two attached hydrogens (primary N) is 1. The molecule has 0 fully saturated rings. The van der Waals surface area contributed by atoms with Gasteiger partial charge in [-0.1, -0.05) is 11.6 Å². The summed E-state index contributed by atoms with van der Waals surface area (Å²) in [7, 11) is 1.42. The lowest BCUT2D eigenvalue weighted by atomic mass is 10.1. The first-order valence-corrected chi connectivity index (χ1v) is 6.57. The molecule has 21 heavy (non-hydrogen) atoms. The van der Waals surface area contributed by atoms with Crippen LogP contribution in [0.5, 0.6) is 0 Å². The maximum absolute atomic E-state index is 12.3. The zero-order valence-electron chi connectivity index (χ0n) is 11.6. The summed E-state index contributed by atoms with van der Waals surface area (Å²) in [5, 5.41) is 0.0997. The van der Waals surface area contributed by atoms with Gasteiger partial charge in [-0.3, -0.25) is 0 Å². The minimum atomic E-state index is -4.29. The predicted octanol–water partition coefficient (Wildman–Crippen LogP) is 3.49. The van der Waals surface area contributed by atoms with Gasteiger partial charge in [-0.25, -0.2) is 4.79 Å². The summed E-state index contributed by atoms with van der Waals surface area (Å²) in [5.74, 6) is -0.680. The molecule has 0 saturated carbocycles. The van der Waals surface area contributed by atoms with Crippen LogP contribution in [0.3, 0.4) is 0 Å². The molecule has 0 radical (unpaired) electrons. The lowest BCUT2D eigenvalue weighted by molar-refractivity contribution is -0.132. The van der Waals surface area contributed by atoms with Gasteiger partial charge in [-0.2, -0.15) is 13.2 Å². The first-order valence-electron chi connectivity index (χ1n) is 6.19. The fourth-order valence-electron chi connectivity index (χ4n) is 1.78. The average Bonchev–Trinajstić information content (AvgIpc) is 2.34. The topological polar surface area (TPSA) is 55.6 Å². The van der Waals surface area contributed by atoms with E-state index in [0.717, 1.165) is 0 Å². The second-order valence-electron chi connectivity index (χ2n) is 4.41. The van der Waals surface area contributed by atoms with Crippen molar-refractivity contribution in [3.05, 3.63) is 22.7 Å². The third-order valence-corrected chi connectivity index (χ3v) is 2.98.